The molecule has 1 aromatic rings. The molecule has 0 saturated heterocycles. The molecule has 0 fully saturated rings. The van der Waals surface area contributed by atoms with Crippen molar-refractivity contribution in [1.29, 1.82) is 0 Å². The summed E-state index contributed by atoms with van der Waals surface area (Å²) in [4.78, 5) is 0.228. The molecule has 0 bridgehead atoms. The van der Waals surface area contributed by atoms with Crippen LogP contribution in [0.3, 0.4) is 0 Å². The predicted molar refractivity (Wildman–Crippen MR) is 80.0 cm³/mol. The first-order valence-electron chi connectivity index (χ1n) is 7.06. The van der Waals surface area contributed by atoms with Crippen LogP contribution in [-0.4, -0.2) is 37.3 Å². The van der Waals surface area contributed by atoms with E-state index in [9.17, 15) is 8.42 Å². The molecule has 7 heteroatoms. The Hall–Kier alpha value is -0.920. The number of hydrogen-bond donors (Lipinski definition) is 2. The standard InChI is InChI=1S/C13H26N4O2S/c1-11(2)5-6-16-20(18,19)13-9-15-17(10-13)8-7-14-12(3)4/h9-12,14,16H,5-8H2,1-4H3. The van der Waals surface area contributed by atoms with Gasteiger partial charge in [0.2, 0.25) is 10.0 Å². The molecular weight excluding hydrogens is 276 g/mol. The van der Waals surface area contributed by atoms with Crippen LogP contribution in [0.25, 0.3) is 0 Å². The SMILES string of the molecule is CC(C)CCNS(=O)(=O)c1cnn(CCNC(C)C)c1. The van der Waals surface area contributed by atoms with Crippen molar-refractivity contribution < 1.29 is 8.42 Å². The van der Waals surface area contributed by atoms with E-state index in [-0.39, 0.29) is 4.90 Å². The summed E-state index contributed by atoms with van der Waals surface area (Å²) >= 11 is 0. The van der Waals surface area contributed by atoms with E-state index in [1.807, 2.05) is 0 Å². The lowest BCUT2D eigenvalue weighted by Gasteiger charge is -2.08. The minimum atomic E-state index is -3.43. The van der Waals surface area contributed by atoms with Crippen molar-refractivity contribution in [2.75, 3.05) is 13.1 Å². The number of hydrogen-bond acceptors (Lipinski definition) is 4. The summed E-state index contributed by atoms with van der Waals surface area (Å²) in [6, 6.07) is 0.409. The Morgan fingerprint density at radius 2 is 1.95 bits per heavy atom. The zero-order valence-electron chi connectivity index (χ0n) is 12.8. The van der Waals surface area contributed by atoms with E-state index < -0.39 is 10.0 Å². The lowest BCUT2D eigenvalue weighted by molar-refractivity contribution is 0.514. The maximum absolute atomic E-state index is 12.0. The van der Waals surface area contributed by atoms with Gasteiger partial charge in [0.15, 0.2) is 0 Å². The topological polar surface area (TPSA) is 76.0 Å². The lowest BCUT2D eigenvalue weighted by Crippen LogP contribution is -2.27. The summed E-state index contributed by atoms with van der Waals surface area (Å²) < 4.78 is 28.3. The van der Waals surface area contributed by atoms with Crippen molar-refractivity contribution in [3.8, 4) is 0 Å². The molecule has 116 valence electrons. The molecule has 0 atom stereocenters. The van der Waals surface area contributed by atoms with Gasteiger partial charge in [-0.3, -0.25) is 4.68 Å². The van der Waals surface area contributed by atoms with Gasteiger partial charge in [-0.25, -0.2) is 13.1 Å². The maximum Gasteiger partial charge on any atom is 0.243 e. The van der Waals surface area contributed by atoms with Crippen LogP contribution in [0.5, 0.6) is 0 Å². The second kappa shape index (κ2) is 7.75. The second-order valence-corrected chi connectivity index (χ2v) is 7.40. The summed E-state index contributed by atoms with van der Waals surface area (Å²) in [6.07, 6.45) is 3.79. The van der Waals surface area contributed by atoms with Crippen LogP contribution in [0.1, 0.15) is 34.1 Å². The van der Waals surface area contributed by atoms with Gasteiger partial charge < -0.3 is 5.32 Å². The van der Waals surface area contributed by atoms with Gasteiger partial charge in [-0.2, -0.15) is 5.10 Å². The van der Waals surface area contributed by atoms with E-state index in [1.165, 1.54) is 6.20 Å². The third-order valence-electron chi connectivity index (χ3n) is 2.83. The highest BCUT2D eigenvalue weighted by atomic mass is 32.2. The predicted octanol–water partition coefficient (Wildman–Crippen LogP) is 1.21. The molecule has 0 aliphatic heterocycles. The molecule has 0 radical (unpaired) electrons. The molecule has 6 nitrogen and oxygen atoms in total. The number of nitrogens with zero attached hydrogens (tertiary/aromatic N) is 2. The molecule has 0 aromatic carbocycles. The zero-order chi connectivity index (χ0) is 15.2. The van der Waals surface area contributed by atoms with Gasteiger partial charge in [0.05, 0.1) is 12.7 Å². The molecule has 2 N–H and O–H groups in total. The van der Waals surface area contributed by atoms with Crippen molar-refractivity contribution in [2.45, 2.75) is 51.6 Å². The zero-order valence-corrected chi connectivity index (χ0v) is 13.6. The van der Waals surface area contributed by atoms with Gasteiger partial charge in [0, 0.05) is 25.3 Å². The largest absolute Gasteiger partial charge is 0.313 e. The molecule has 1 aromatic heterocycles. The summed E-state index contributed by atoms with van der Waals surface area (Å²) in [6.45, 7) is 10.1. The van der Waals surface area contributed by atoms with Crippen molar-refractivity contribution >= 4 is 10.0 Å². The second-order valence-electron chi connectivity index (χ2n) is 5.63. The molecule has 0 saturated carbocycles. The minimum Gasteiger partial charge on any atom is -0.313 e. The maximum atomic E-state index is 12.0. The van der Waals surface area contributed by atoms with Crippen molar-refractivity contribution in [2.24, 2.45) is 5.92 Å². The molecule has 1 rings (SSSR count). The first-order chi connectivity index (χ1) is 9.31. The van der Waals surface area contributed by atoms with Gasteiger partial charge in [-0.15, -0.1) is 0 Å². The highest BCUT2D eigenvalue weighted by Gasteiger charge is 2.15. The van der Waals surface area contributed by atoms with Gasteiger partial charge in [-0.05, 0) is 12.3 Å². The molecule has 0 spiro atoms. The van der Waals surface area contributed by atoms with E-state index in [4.69, 9.17) is 0 Å². The van der Waals surface area contributed by atoms with Crippen LogP contribution in [0.2, 0.25) is 0 Å². The monoisotopic (exact) mass is 302 g/mol. The Morgan fingerprint density at radius 1 is 1.25 bits per heavy atom. The summed E-state index contributed by atoms with van der Waals surface area (Å²) in [5, 5.41) is 7.34. The molecule has 0 unspecified atom stereocenters. The van der Waals surface area contributed by atoms with Crippen LogP contribution >= 0.6 is 0 Å². The van der Waals surface area contributed by atoms with E-state index in [0.29, 0.717) is 25.0 Å². The van der Waals surface area contributed by atoms with Crippen molar-refractivity contribution in [3.05, 3.63) is 12.4 Å². The third kappa shape index (κ3) is 6.02. The Balaban J connectivity index is 2.52. The average Bonchev–Trinajstić information content (AvgIpc) is 2.77. The summed E-state index contributed by atoms with van der Waals surface area (Å²) in [7, 11) is -3.43. The Kier molecular flexibility index (Phi) is 6.64. The Bertz CT molecular complexity index is 494. The van der Waals surface area contributed by atoms with Crippen molar-refractivity contribution in [3.63, 3.8) is 0 Å². The Morgan fingerprint density at radius 3 is 2.55 bits per heavy atom. The van der Waals surface area contributed by atoms with Gasteiger partial charge in [0.1, 0.15) is 4.90 Å². The van der Waals surface area contributed by atoms with E-state index in [0.717, 1.165) is 13.0 Å². The fourth-order valence-corrected chi connectivity index (χ4v) is 2.64. The summed E-state index contributed by atoms with van der Waals surface area (Å²) in [5.74, 6) is 0.475. The number of rotatable bonds is 9. The smallest absolute Gasteiger partial charge is 0.243 e. The number of sulfonamides is 1. The van der Waals surface area contributed by atoms with Crippen LogP contribution < -0.4 is 10.0 Å². The van der Waals surface area contributed by atoms with E-state index in [1.54, 1.807) is 10.9 Å². The molecule has 20 heavy (non-hydrogen) atoms. The highest BCUT2D eigenvalue weighted by Crippen LogP contribution is 2.07. The summed E-state index contributed by atoms with van der Waals surface area (Å²) in [5.41, 5.74) is 0. The fourth-order valence-electron chi connectivity index (χ4n) is 1.64. The van der Waals surface area contributed by atoms with Crippen molar-refractivity contribution in [1.82, 2.24) is 19.8 Å². The van der Waals surface area contributed by atoms with Crippen LogP contribution in [0, 0.1) is 5.92 Å². The van der Waals surface area contributed by atoms with Gasteiger partial charge in [0.25, 0.3) is 0 Å². The molecule has 0 aliphatic carbocycles. The van der Waals surface area contributed by atoms with Gasteiger partial charge >= 0.3 is 0 Å². The first kappa shape index (κ1) is 17.1. The molecule has 0 aliphatic rings. The van der Waals surface area contributed by atoms with Crippen LogP contribution in [0.15, 0.2) is 17.3 Å². The molecule has 1 heterocycles. The van der Waals surface area contributed by atoms with Gasteiger partial charge in [-0.1, -0.05) is 27.7 Å². The van der Waals surface area contributed by atoms with E-state index >= 15 is 0 Å². The number of nitrogens with one attached hydrogen (secondary N) is 2. The molecule has 0 amide bonds. The minimum absolute atomic E-state index is 0.228. The van der Waals surface area contributed by atoms with Crippen LogP contribution in [-0.2, 0) is 16.6 Å². The first-order valence-corrected chi connectivity index (χ1v) is 8.55. The normalized spacial score (nSPS) is 12.5. The fraction of sp³-hybridized carbons (Fsp3) is 0.769. The van der Waals surface area contributed by atoms with Crippen LogP contribution in [0.4, 0.5) is 0 Å². The average molecular weight is 302 g/mol. The lowest BCUT2D eigenvalue weighted by atomic mass is 10.1. The third-order valence-corrected chi connectivity index (χ3v) is 4.24. The van der Waals surface area contributed by atoms with E-state index in [2.05, 4.69) is 42.8 Å². The molecular formula is C13H26N4O2S. The highest BCUT2D eigenvalue weighted by molar-refractivity contribution is 7.89. The quantitative estimate of drug-likeness (QED) is 0.719. The number of aromatic nitrogens is 2. The Labute approximate surface area is 122 Å².